The number of ether oxygens (including phenoxy) is 1. The van der Waals surface area contributed by atoms with E-state index >= 15 is 0 Å². The van der Waals surface area contributed by atoms with E-state index in [9.17, 15) is 13.2 Å². The summed E-state index contributed by atoms with van der Waals surface area (Å²) in [6, 6.07) is 20.4. The predicted octanol–water partition coefficient (Wildman–Crippen LogP) is 4.70. The molecule has 0 aliphatic rings. The lowest BCUT2D eigenvalue weighted by molar-refractivity contribution is -0.114. The highest BCUT2D eigenvalue weighted by Gasteiger charge is 2.27. The Balaban J connectivity index is 1.84. The largest absolute Gasteiger partial charge is 0.490 e. The van der Waals surface area contributed by atoms with Crippen LogP contribution in [0, 0.1) is 13.8 Å². The van der Waals surface area contributed by atoms with Crippen LogP contribution in [0.4, 0.5) is 11.4 Å². The van der Waals surface area contributed by atoms with Gasteiger partial charge < -0.3 is 10.1 Å². The van der Waals surface area contributed by atoms with Crippen LogP contribution in [-0.4, -0.2) is 27.5 Å². The van der Waals surface area contributed by atoms with Crippen LogP contribution in [0.5, 0.6) is 5.75 Å². The summed E-state index contributed by atoms with van der Waals surface area (Å²) in [5, 5.41) is 2.75. The number of carbonyl (C=O) groups is 1. The molecular weight excluding hydrogens is 424 g/mol. The second-order valence-electron chi connectivity index (χ2n) is 7.33. The number of aryl methyl sites for hydroxylation is 2. The van der Waals surface area contributed by atoms with E-state index in [1.54, 1.807) is 66.7 Å². The van der Waals surface area contributed by atoms with Crippen molar-refractivity contribution in [2.24, 2.45) is 0 Å². The van der Waals surface area contributed by atoms with E-state index < -0.39 is 15.9 Å². The zero-order valence-electron chi connectivity index (χ0n) is 18.1. The topological polar surface area (TPSA) is 75.7 Å². The molecule has 3 rings (SSSR count). The Morgan fingerprint density at radius 2 is 1.50 bits per heavy atom. The molecule has 0 saturated carbocycles. The minimum absolute atomic E-state index is 0.125. The van der Waals surface area contributed by atoms with Gasteiger partial charge in [-0.2, -0.15) is 0 Å². The van der Waals surface area contributed by atoms with Gasteiger partial charge in [-0.15, -0.1) is 0 Å². The first kappa shape index (κ1) is 23.1. The lowest BCUT2D eigenvalue weighted by atomic mass is 10.2. The minimum atomic E-state index is -3.94. The zero-order valence-corrected chi connectivity index (χ0v) is 18.9. The molecule has 0 bridgehead atoms. The van der Waals surface area contributed by atoms with E-state index in [4.69, 9.17) is 4.74 Å². The standard InChI is InChI=1S/C25H26N2O4S/c1-4-17-31-23-13-9-21(10-14-23)26-25(28)18-27(22-11-5-19(2)6-12-22)32(29,30)24-15-7-20(3)8-16-24/h4-16H,1,17-18H2,2-3H3,(H,26,28). The third-order valence-electron chi connectivity index (χ3n) is 4.72. The highest BCUT2D eigenvalue weighted by atomic mass is 32.2. The zero-order chi connectivity index (χ0) is 23.1. The van der Waals surface area contributed by atoms with Crippen LogP contribution in [0.2, 0.25) is 0 Å². The number of nitrogens with zero attached hydrogens (tertiary/aromatic N) is 1. The Bertz CT molecular complexity index is 1170. The number of anilines is 2. The van der Waals surface area contributed by atoms with Gasteiger partial charge >= 0.3 is 0 Å². The van der Waals surface area contributed by atoms with Gasteiger partial charge in [0.15, 0.2) is 0 Å². The molecule has 0 unspecified atom stereocenters. The third-order valence-corrected chi connectivity index (χ3v) is 6.51. The lowest BCUT2D eigenvalue weighted by Crippen LogP contribution is -2.38. The molecule has 0 saturated heterocycles. The highest BCUT2D eigenvalue weighted by molar-refractivity contribution is 7.92. The van der Waals surface area contributed by atoms with Crippen LogP contribution in [-0.2, 0) is 14.8 Å². The second-order valence-corrected chi connectivity index (χ2v) is 9.19. The normalized spacial score (nSPS) is 10.9. The van der Waals surface area contributed by atoms with Gasteiger partial charge in [-0.05, 0) is 62.4 Å². The number of hydrogen-bond donors (Lipinski definition) is 1. The quantitative estimate of drug-likeness (QED) is 0.480. The van der Waals surface area contributed by atoms with Crippen LogP contribution >= 0.6 is 0 Å². The van der Waals surface area contributed by atoms with Crippen molar-refractivity contribution in [3.05, 3.63) is 96.6 Å². The molecule has 0 aromatic heterocycles. The van der Waals surface area contributed by atoms with Gasteiger partial charge in [0.2, 0.25) is 5.91 Å². The number of nitrogens with one attached hydrogen (secondary N) is 1. The first-order valence-electron chi connectivity index (χ1n) is 10.1. The van der Waals surface area contributed by atoms with E-state index in [1.165, 1.54) is 0 Å². The average molecular weight is 451 g/mol. The fourth-order valence-corrected chi connectivity index (χ4v) is 4.41. The summed E-state index contributed by atoms with van der Waals surface area (Å²) < 4.78 is 33.3. The second kappa shape index (κ2) is 10.2. The Kier molecular flexibility index (Phi) is 7.33. The van der Waals surface area contributed by atoms with Crippen LogP contribution in [0.25, 0.3) is 0 Å². The van der Waals surface area contributed by atoms with E-state index in [0.29, 0.717) is 23.7 Å². The molecule has 3 aromatic rings. The summed E-state index contributed by atoms with van der Waals surface area (Å²) >= 11 is 0. The van der Waals surface area contributed by atoms with E-state index in [1.807, 2.05) is 26.0 Å². The number of benzene rings is 3. The van der Waals surface area contributed by atoms with Gasteiger partial charge in [0.05, 0.1) is 10.6 Å². The molecule has 0 aliphatic heterocycles. The number of carbonyl (C=O) groups excluding carboxylic acids is 1. The van der Waals surface area contributed by atoms with Gasteiger partial charge in [0.1, 0.15) is 18.9 Å². The summed E-state index contributed by atoms with van der Waals surface area (Å²) in [5.74, 6) is 0.187. The van der Waals surface area contributed by atoms with Gasteiger partial charge in [-0.1, -0.05) is 48.0 Å². The van der Waals surface area contributed by atoms with Crippen molar-refractivity contribution in [2.45, 2.75) is 18.7 Å². The molecule has 0 radical (unpaired) electrons. The SMILES string of the molecule is C=CCOc1ccc(NC(=O)CN(c2ccc(C)cc2)S(=O)(=O)c2ccc(C)cc2)cc1. The molecular formula is C25H26N2O4S. The smallest absolute Gasteiger partial charge is 0.264 e. The van der Waals surface area contributed by atoms with Crippen LogP contribution in [0.15, 0.2) is 90.3 Å². The molecule has 166 valence electrons. The first-order chi connectivity index (χ1) is 15.3. The van der Waals surface area contributed by atoms with E-state index in [-0.39, 0.29) is 11.4 Å². The maximum atomic E-state index is 13.4. The summed E-state index contributed by atoms with van der Waals surface area (Å²) in [6.07, 6.45) is 1.64. The van der Waals surface area contributed by atoms with Crippen molar-refractivity contribution in [1.82, 2.24) is 0 Å². The highest BCUT2D eigenvalue weighted by Crippen LogP contribution is 2.25. The minimum Gasteiger partial charge on any atom is -0.490 e. The molecule has 0 heterocycles. The van der Waals surface area contributed by atoms with Crippen molar-refractivity contribution in [3.63, 3.8) is 0 Å². The predicted molar refractivity (Wildman–Crippen MR) is 128 cm³/mol. The van der Waals surface area contributed by atoms with Crippen LogP contribution < -0.4 is 14.4 Å². The molecule has 7 heteroatoms. The van der Waals surface area contributed by atoms with Crippen LogP contribution in [0.3, 0.4) is 0 Å². The lowest BCUT2D eigenvalue weighted by Gasteiger charge is -2.24. The molecule has 6 nitrogen and oxygen atoms in total. The molecule has 32 heavy (non-hydrogen) atoms. The summed E-state index contributed by atoms with van der Waals surface area (Å²) in [7, 11) is -3.94. The number of hydrogen-bond acceptors (Lipinski definition) is 4. The van der Waals surface area contributed by atoms with Crippen molar-refractivity contribution in [1.29, 1.82) is 0 Å². The van der Waals surface area contributed by atoms with Gasteiger partial charge in [0, 0.05) is 5.69 Å². The molecule has 3 aromatic carbocycles. The van der Waals surface area contributed by atoms with Crippen LogP contribution in [0.1, 0.15) is 11.1 Å². The Labute approximate surface area is 189 Å². The van der Waals surface area contributed by atoms with Gasteiger partial charge in [-0.25, -0.2) is 8.42 Å². The number of amides is 1. The maximum Gasteiger partial charge on any atom is 0.264 e. The molecule has 1 amide bonds. The Hall–Kier alpha value is -3.58. The number of sulfonamides is 1. The maximum absolute atomic E-state index is 13.4. The van der Waals surface area contributed by atoms with Gasteiger partial charge in [-0.3, -0.25) is 9.10 Å². The number of rotatable bonds is 9. The van der Waals surface area contributed by atoms with Crippen molar-refractivity contribution >= 4 is 27.3 Å². The van der Waals surface area contributed by atoms with Gasteiger partial charge in [0.25, 0.3) is 10.0 Å². The summed E-state index contributed by atoms with van der Waals surface area (Å²) in [5.41, 5.74) is 2.89. The monoisotopic (exact) mass is 450 g/mol. The Morgan fingerprint density at radius 3 is 2.06 bits per heavy atom. The summed E-state index contributed by atoms with van der Waals surface area (Å²) in [6.45, 7) is 7.41. The fourth-order valence-electron chi connectivity index (χ4n) is 2.98. The van der Waals surface area contributed by atoms with E-state index in [2.05, 4.69) is 11.9 Å². The summed E-state index contributed by atoms with van der Waals surface area (Å²) in [4.78, 5) is 12.9. The molecule has 1 N–H and O–H groups in total. The molecule has 0 fully saturated rings. The molecule has 0 atom stereocenters. The fraction of sp³-hybridized carbons (Fsp3) is 0.160. The molecule has 0 aliphatic carbocycles. The van der Waals surface area contributed by atoms with Crippen molar-refractivity contribution in [2.75, 3.05) is 22.8 Å². The van der Waals surface area contributed by atoms with Crippen molar-refractivity contribution < 1.29 is 17.9 Å². The van der Waals surface area contributed by atoms with Crippen molar-refractivity contribution in [3.8, 4) is 5.75 Å². The third kappa shape index (κ3) is 5.76. The Morgan fingerprint density at radius 1 is 0.938 bits per heavy atom. The van der Waals surface area contributed by atoms with E-state index in [0.717, 1.165) is 15.4 Å². The molecule has 0 spiro atoms. The average Bonchev–Trinajstić information content (AvgIpc) is 2.78. The first-order valence-corrected chi connectivity index (χ1v) is 11.5.